The van der Waals surface area contributed by atoms with Gasteiger partial charge in [0.15, 0.2) is 0 Å². The van der Waals surface area contributed by atoms with Gasteiger partial charge in [-0.1, -0.05) is 224 Å². The van der Waals surface area contributed by atoms with E-state index in [-0.39, 0.29) is 0 Å². The van der Waals surface area contributed by atoms with Gasteiger partial charge in [0.2, 0.25) is 0 Å². The van der Waals surface area contributed by atoms with Crippen molar-refractivity contribution in [3.8, 4) is 72.4 Å². The van der Waals surface area contributed by atoms with Crippen LogP contribution in [0.2, 0.25) is 0 Å². The van der Waals surface area contributed by atoms with Gasteiger partial charge < -0.3 is 9.47 Å². The number of hydrogen-bond acceptors (Lipinski definition) is 1. The topological polar surface area (TPSA) is 8.17 Å². The molecule has 0 amide bonds. The number of aromatic nitrogens is 1. The summed E-state index contributed by atoms with van der Waals surface area (Å²) in [6.07, 6.45) is 0. The molecule has 0 bridgehead atoms. The molecule has 338 valence electrons. The molecule has 1 heterocycles. The molecular formula is C70H48N2. The van der Waals surface area contributed by atoms with Gasteiger partial charge in [-0.05, 0) is 144 Å². The summed E-state index contributed by atoms with van der Waals surface area (Å²) in [6.45, 7) is 0. The number of hydrogen-bond donors (Lipinski definition) is 0. The lowest BCUT2D eigenvalue weighted by atomic mass is 9.95. The molecular weight excluding hydrogens is 869 g/mol. The number of fused-ring (bicyclic) bond motifs is 4. The molecule has 12 aromatic carbocycles. The molecule has 0 aliphatic carbocycles. The van der Waals surface area contributed by atoms with Gasteiger partial charge in [0.1, 0.15) is 0 Å². The molecule has 0 aliphatic rings. The third-order valence-corrected chi connectivity index (χ3v) is 14.2. The summed E-state index contributed by atoms with van der Waals surface area (Å²) >= 11 is 0. The summed E-state index contributed by atoms with van der Waals surface area (Å²) in [5.41, 5.74) is 21.1. The van der Waals surface area contributed by atoms with Crippen LogP contribution in [0, 0.1) is 0 Å². The summed E-state index contributed by atoms with van der Waals surface area (Å²) in [7, 11) is 0. The van der Waals surface area contributed by atoms with E-state index in [0.29, 0.717) is 0 Å². The lowest BCUT2D eigenvalue weighted by Gasteiger charge is -2.26. The maximum absolute atomic E-state index is 2.42. The second-order valence-electron chi connectivity index (χ2n) is 18.5. The van der Waals surface area contributed by atoms with Crippen LogP contribution in [0.3, 0.4) is 0 Å². The Hall–Kier alpha value is -9.50. The minimum atomic E-state index is 1.08. The minimum absolute atomic E-state index is 1.08. The van der Waals surface area contributed by atoms with E-state index in [1.54, 1.807) is 0 Å². The fraction of sp³-hybridized carbons (Fsp3) is 0. The molecule has 0 saturated carbocycles. The first-order valence-electron chi connectivity index (χ1n) is 24.7. The van der Waals surface area contributed by atoms with Gasteiger partial charge in [0, 0.05) is 33.5 Å². The van der Waals surface area contributed by atoms with Crippen LogP contribution in [0.15, 0.2) is 291 Å². The van der Waals surface area contributed by atoms with Crippen LogP contribution in [-0.2, 0) is 0 Å². The predicted octanol–water partition coefficient (Wildman–Crippen LogP) is 19.4. The second-order valence-corrected chi connectivity index (χ2v) is 18.5. The molecule has 2 nitrogen and oxygen atoms in total. The predicted molar refractivity (Wildman–Crippen MR) is 306 cm³/mol. The van der Waals surface area contributed by atoms with Crippen LogP contribution >= 0.6 is 0 Å². The van der Waals surface area contributed by atoms with Crippen LogP contribution < -0.4 is 4.90 Å². The fourth-order valence-corrected chi connectivity index (χ4v) is 10.6. The highest BCUT2D eigenvalue weighted by Gasteiger charge is 2.18. The van der Waals surface area contributed by atoms with Crippen LogP contribution in [0.1, 0.15) is 0 Å². The van der Waals surface area contributed by atoms with E-state index in [1.807, 2.05) is 0 Å². The zero-order chi connectivity index (χ0) is 47.8. The Bertz CT molecular complexity index is 3910. The van der Waals surface area contributed by atoms with Gasteiger partial charge in [-0.25, -0.2) is 0 Å². The second kappa shape index (κ2) is 18.4. The van der Waals surface area contributed by atoms with Crippen molar-refractivity contribution in [2.75, 3.05) is 4.90 Å². The zero-order valence-electron chi connectivity index (χ0n) is 39.6. The molecule has 0 N–H and O–H groups in total. The molecule has 0 aliphatic heterocycles. The van der Waals surface area contributed by atoms with E-state index in [4.69, 9.17) is 0 Å². The van der Waals surface area contributed by atoms with Gasteiger partial charge in [-0.3, -0.25) is 0 Å². The highest BCUT2D eigenvalue weighted by atomic mass is 15.1. The van der Waals surface area contributed by atoms with Crippen molar-refractivity contribution >= 4 is 49.6 Å². The van der Waals surface area contributed by atoms with Crippen molar-refractivity contribution in [2.24, 2.45) is 0 Å². The molecule has 13 aromatic rings. The minimum Gasteiger partial charge on any atom is -0.310 e. The largest absolute Gasteiger partial charge is 0.310 e. The standard InChI is InChI=1S/C70H48N2/c1-3-14-49(15-4-1)52-28-32-54(33-29-52)56-36-41-62(42-37-56)71(63-43-38-57(39-44-63)55-34-30-53(31-35-55)50-16-5-2-6-17-50)64-23-12-21-60(48-64)58-20-11-22-61(46-58)66-25-13-27-69-70(66)67-24-9-10-26-68(67)72(69)65-45-40-51-18-7-8-19-59(51)47-65/h1-48H. The molecule has 2 heteroatoms. The molecule has 0 radical (unpaired) electrons. The number of benzene rings is 12. The number of nitrogens with zero attached hydrogens (tertiary/aromatic N) is 2. The average Bonchev–Trinajstić information content (AvgIpc) is 3.81. The molecule has 0 saturated heterocycles. The first-order valence-corrected chi connectivity index (χ1v) is 24.7. The van der Waals surface area contributed by atoms with Crippen LogP contribution in [0.5, 0.6) is 0 Å². The normalized spacial score (nSPS) is 11.3. The van der Waals surface area contributed by atoms with Gasteiger partial charge in [0.25, 0.3) is 0 Å². The van der Waals surface area contributed by atoms with Gasteiger partial charge in [-0.15, -0.1) is 0 Å². The smallest absolute Gasteiger partial charge is 0.0547 e. The third-order valence-electron chi connectivity index (χ3n) is 14.2. The summed E-state index contributed by atoms with van der Waals surface area (Å²) in [5.74, 6) is 0. The van der Waals surface area contributed by atoms with Crippen LogP contribution in [0.4, 0.5) is 17.1 Å². The van der Waals surface area contributed by atoms with Crippen LogP contribution in [0.25, 0.3) is 105 Å². The van der Waals surface area contributed by atoms with Crippen molar-refractivity contribution in [1.82, 2.24) is 4.57 Å². The Labute approximate surface area is 420 Å². The number of rotatable bonds is 10. The lowest BCUT2D eigenvalue weighted by Crippen LogP contribution is -2.10. The summed E-state index contributed by atoms with van der Waals surface area (Å²) in [4.78, 5) is 2.38. The van der Waals surface area contributed by atoms with E-state index in [2.05, 4.69) is 301 Å². The van der Waals surface area contributed by atoms with E-state index < -0.39 is 0 Å². The number of anilines is 3. The van der Waals surface area contributed by atoms with Crippen molar-refractivity contribution < 1.29 is 0 Å². The zero-order valence-corrected chi connectivity index (χ0v) is 39.6. The molecule has 0 unspecified atom stereocenters. The first kappa shape index (κ1) is 42.6. The quantitative estimate of drug-likeness (QED) is 0.133. The van der Waals surface area contributed by atoms with E-state index >= 15 is 0 Å². The molecule has 0 fully saturated rings. The number of para-hydroxylation sites is 1. The fourth-order valence-electron chi connectivity index (χ4n) is 10.6. The summed E-state index contributed by atoms with van der Waals surface area (Å²) in [6, 6.07) is 106. The molecule has 0 spiro atoms. The average molecular weight is 917 g/mol. The summed E-state index contributed by atoms with van der Waals surface area (Å²) in [5, 5.41) is 4.97. The van der Waals surface area contributed by atoms with Crippen molar-refractivity contribution in [3.63, 3.8) is 0 Å². The van der Waals surface area contributed by atoms with Gasteiger partial charge in [-0.2, -0.15) is 0 Å². The van der Waals surface area contributed by atoms with E-state index in [0.717, 1.165) is 33.9 Å². The van der Waals surface area contributed by atoms with Crippen molar-refractivity contribution in [3.05, 3.63) is 291 Å². The van der Waals surface area contributed by atoms with Gasteiger partial charge >= 0.3 is 0 Å². The maximum Gasteiger partial charge on any atom is 0.0547 e. The highest BCUT2D eigenvalue weighted by molar-refractivity contribution is 6.16. The van der Waals surface area contributed by atoms with Crippen molar-refractivity contribution in [1.29, 1.82) is 0 Å². The monoisotopic (exact) mass is 916 g/mol. The molecule has 1 aromatic heterocycles. The molecule has 0 atom stereocenters. The van der Waals surface area contributed by atoms with E-state index in [1.165, 1.54) is 88.2 Å². The summed E-state index contributed by atoms with van der Waals surface area (Å²) < 4.78 is 2.42. The molecule has 13 rings (SSSR count). The van der Waals surface area contributed by atoms with E-state index in [9.17, 15) is 0 Å². The SMILES string of the molecule is c1ccc(-c2ccc(-c3ccc(N(c4ccc(-c5ccc(-c6ccccc6)cc5)cc4)c4cccc(-c5cccc(-c6cccc7c6c6ccccc6n7-c6ccc7ccccc7c6)c5)c4)cc3)cc2)cc1. The Morgan fingerprint density at radius 2 is 0.667 bits per heavy atom. The lowest BCUT2D eigenvalue weighted by molar-refractivity contribution is 1.19. The van der Waals surface area contributed by atoms with Gasteiger partial charge in [0.05, 0.1) is 11.0 Å². The Morgan fingerprint density at radius 3 is 1.26 bits per heavy atom. The third kappa shape index (κ3) is 8.01. The highest BCUT2D eigenvalue weighted by Crippen LogP contribution is 2.42. The van der Waals surface area contributed by atoms with Crippen molar-refractivity contribution in [2.45, 2.75) is 0 Å². The maximum atomic E-state index is 2.42. The Balaban J connectivity index is 0.869. The van der Waals surface area contributed by atoms with Crippen LogP contribution in [-0.4, -0.2) is 4.57 Å². The first-order chi connectivity index (χ1) is 35.7. The Kier molecular flexibility index (Phi) is 10.9. The Morgan fingerprint density at radius 1 is 0.236 bits per heavy atom. The molecule has 72 heavy (non-hydrogen) atoms.